The number of anilines is 1. The molecule has 8 heteroatoms. The molecular formula is C29H39N5O3. The number of aromatic nitrogens is 2. The smallest absolute Gasteiger partial charge is 0.271 e. The number of amides is 1. The summed E-state index contributed by atoms with van der Waals surface area (Å²) < 4.78 is 12.8. The first-order chi connectivity index (χ1) is 17.8. The molecule has 0 spiro atoms. The fourth-order valence-electron chi connectivity index (χ4n) is 5.08. The number of aryl methyl sites for hydroxylation is 2. The molecule has 1 aliphatic rings. The third-order valence-corrected chi connectivity index (χ3v) is 7.34. The van der Waals surface area contributed by atoms with Crippen LogP contribution in [0.3, 0.4) is 0 Å². The molecule has 8 nitrogen and oxygen atoms in total. The van der Waals surface area contributed by atoms with Crippen molar-refractivity contribution in [1.29, 1.82) is 0 Å². The highest BCUT2D eigenvalue weighted by atomic mass is 16.5. The molecule has 1 aromatic heterocycles. The number of hydrogen-bond acceptors (Lipinski definition) is 6. The van der Waals surface area contributed by atoms with Crippen molar-refractivity contribution in [2.75, 3.05) is 58.4 Å². The molecule has 1 fully saturated rings. The summed E-state index contributed by atoms with van der Waals surface area (Å²) in [5.74, 6) is 1.90. The number of carbonyl (C=O) groups excluding carboxylic acids is 1. The van der Waals surface area contributed by atoms with Gasteiger partial charge in [-0.3, -0.25) is 9.69 Å². The monoisotopic (exact) mass is 505 g/mol. The van der Waals surface area contributed by atoms with Crippen LogP contribution in [0.5, 0.6) is 11.5 Å². The summed E-state index contributed by atoms with van der Waals surface area (Å²) in [5, 5.41) is 3.06. The van der Waals surface area contributed by atoms with Crippen molar-refractivity contribution in [1.82, 2.24) is 19.8 Å². The number of ether oxygens (including phenoxy) is 2. The van der Waals surface area contributed by atoms with Gasteiger partial charge in [-0.1, -0.05) is 12.1 Å². The molecule has 0 unspecified atom stereocenters. The minimum atomic E-state index is -0.139. The van der Waals surface area contributed by atoms with Gasteiger partial charge in [0, 0.05) is 44.5 Å². The molecule has 2 heterocycles. The van der Waals surface area contributed by atoms with Crippen LogP contribution in [0.4, 0.5) is 5.69 Å². The summed E-state index contributed by atoms with van der Waals surface area (Å²) in [7, 11) is 3.22. The van der Waals surface area contributed by atoms with E-state index in [1.807, 2.05) is 36.6 Å². The highest BCUT2D eigenvalue weighted by Gasteiger charge is 2.21. The van der Waals surface area contributed by atoms with Crippen LogP contribution >= 0.6 is 0 Å². The maximum atomic E-state index is 12.9. The van der Waals surface area contributed by atoms with Crippen molar-refractivity contribution in [2.24, 2.45) is 0 Å². The third-order valence-electron chi connectivity index (χ3n) is 7.34. The Bertz CT molecular complexity index is 1240. The Morgan fingerprint density at radius 3 is 2.41 bits per heavy atom. The lowest BCUT2D eigenvalue weighted by Crippen LogP contribution is -2.47. The Labute approximate surface area is 220 Å². The normalized spacial score (nSPS) is 14.1. The number of rotatable bonds is 9. The molecule has 0 atom stereocenters. The molecular weight excluding hydrogens is 466 g/mol. The van der Waals surface area contributed by atoms with Crippen LogP contribution in [0.15, 0.2) is 36.4 Å². The number of carbonyl (C=O) groups is 1. The lowest BCUT2D eigenvalue weighted by Gasteiger charge is -2.37. The Morgan fingerprint density at radius 2 is 1.70 bits per heavy atom. The Kier molecular flexibility index (Phi) is 8.38. The Morgan fingerprint density at radius 1 is 0.973 bits per heavy atom. The van der Waals surface area contributed by atoms with Gasteiger partial charge in [0.25, 0.3) is 5.91 Å². The average Bonchev–Trinajstić information content (AvgIpc) is 3.21. The van der Waals surface area contributed by atoms with E-state index in [1.165, 1.54) is 16.8 Å². The van der Waals surface area contributed by atoms with E-state index < -0.39 is 0 Å². The van der Waals surface area contributed by atoms with Gasteiger partial charge in [0.2, 0.25) is 0 Å². The molecule has 0 saturated carbocycles. The lowest BCUT2D eigenvalue weighted by molar-refractivity contribution is 0.0946. The molecule has 4 rings (SSSR count). The van der Waals surface area contributed by atoms with Gasteiger partial charge >= 0.3 is 0 Å². The van der Waals surface area contributed by atoms with Crippen LogP contribution in [0.2, 0.25) is 0 Å². The van der Waals surface area contributed by atoms with Crippen molar-refractivity contribution < 1.29 is 14.3 Å². The fourth-order valence-corrected chi connectivity index (χ4v) is 5.08. The van der Waals surface area contributed by atoms with Gasteiger partial charge in [0.05, 0.1) is 25.6 Å². The van der Waals surface area contributed by atoms with Gasteiger partial charge in [-0.2, -0.15) is 0 Å². The maximum absolute atomic E-state index is 12.9. The number of piperazine rings is 1. The van der Waals surface area contributed by atoms with Crippen molar-refractivity contribution in [3.63, 3.8) is 0 Å². The zero-order chi connectivity index (χ0) is 26.5. The minimum absolute atomic E-state index is 0.139. The predicted molar refractivity (Wildman–Crippen MR) is 148 cm³/mol. The number of imidazole rings is 1. The summed E-state index contributed by atoms with van der Waals surface area (Å²) in [6.45, 7) is 13.9. The zero-order valence-electron chi connectivity index (χ0n) is 22.9. The van der Waals surface area contributed by atoms with Gasteiger partial charge in [-0.25, -0.2) is 4.98 Å². The number of nitrogens with zero attached hydrogens (tertiary/aromatic N) is 4. The zero-order valence-corrected chi connectivity index (χ0v) is 22.9. The Hall–Kier alpha value is -3.52. The van der Waals surface area contributed by atoms with Crippen LogP contribution in [-0.2, 0) is 0 Å². The highest BCUT2D eigenvalue weighted by Crippen LogP contribution is 2.30. The SMILES string of the molecule is COc1ccc(-n2c(C)nc(C(=O)NCCCN3CCN(c4cccc(C)c4C)CC3)c2C)cc1OC. The van der Waals surface area contributed by atoms with Crippen LogP contribution in [0, 0.1) is 27.7 Å². The van der Waals surface area contributed by atoms with E-state index in [2.05, 4.69) is 52.1 Å². The maximum Gasteiger partial charge on any atom is 0.271 e. The third kappa shape index (κ3) is 5.74. The van der Waals surface area contributed by atoms with Crippen LogP contribution < -0.4 is 19.7 Å². The van der Waals surface area contributed by atoms with E-state index in [-0.39, 0.29) is 5.91 Å². The number of benzene rings is 2. The Balaban J connectivity index is 1.28. The van der Waals surface area contributed by atoms with Crippen LogP contribution in [-0.4, -0.2) is 73.8 Å². The first kappa shape index (κ1) is 26.5. The molecule has 1 aliphatic heterocycles. The lowest BCUT2D eigenvalue weighted by atomic mass is 10.1. The molecule has 0 aliphatic carbocycles. The second-order valence-electron chi connectivity index (χ2n) is 9.62. The summed E-state index contributed by atoms with van der Waals surface area (Å²) in [6, 6.07) is 12.2. The molecule has 1 saturated heterocycles. The van der Waals surface area contributed by atoms with E-state index in [0.717, 1.165) is 56.4 Å². The predicted octanol–water partition coefficient (Wildman–Crippen LogP) is 4.07. The van der Waals surface area contributed by atoms with Gasteiger partial charge in [-0.05, 0) is 70.0 Å². The van der Waals surface area contributed by atoms with Crippen molar-refractivity contribution in [3.05, 3.63) is 64.7 Å². The quantitative estimate of drug-likeness (QED) is 0.442. The van der Waals surface area contributed by atoms with Gasteiger partial charge in [0.15, 0.2) is 11.5 Å². The van der Waals surface area contributed by atoms with Gasteiger partial charge < -0.3 is 24.3 Å². The fraction of sp³-hybridized carbons (Fsp3) is 0.448. The first-order valence-corrected chi connectivity index (χ1v) is 12.9. The van der Waals surface area contributed by atoms with Crippen LogP contribution in [0.25, 0.3) is 5.69 Å². The standard InChI is InChI=1S/C29H39N5O3/c1-20-9-7-10-25(21(20)2)33-17-15-32(16-18-33)14-8-13-30-29(35)28-22(3)34(23(4)31-28)24-11-12-26(36-5)27(19-24)37-6/h7,9-12,19H,8,13-18H2,1-6H3,(H,30,35). The van der Waals surface area contributed by atoms with Crippen molar-refractivity contribution >= 4 is 11.6 Å². The van der Waals surface area contributed by atoms with Crippen molar-refractivity contribution in [3.8, 4) is 17.2 Å². The number of methoxy groups -OCH3 is 2. The number of nitrogens with one attached hydrogen (secondary N) is 1. The summed E-state index contributed by atoms with van der Waals surface area (Å²) >= 11 is 0. The van der Waals surface area contributed by atoms with E-state index in [1.54, 1.807) is 14.2 Å². The van der Waals surface area contributed by atoms with Gasteiger partial charge in [-0.15, -0.1) is 0 Å². The molecule has 2 aromatic carbocycles. The van der Waals surface area contributed by atoms with Crippen molar-refractivity contribution in [2.45, 2.75) is 34.1 Å². The second kappa shape index (κ2) is 11.7. The highest BCUT2D eigenvalue weighted by molar-refractivity contribution is 5.93. The molecule has 3 aromatic rings. The molecule has 37 heavy (non-hydrogen) atoms. The first-order valence-electron chi connectivity index (χ1n) is 12.9. The van der Waals surface area contributed by atoms with E-state index in [0.29, 0.717) is 23.7 Å². The summed E-state index contributed by atoms with van der Waals surface area (Å²) in [6.07, 6.45) is 0.906. The number of hydrogen-bond donors (Lipinski definition) is 1. The topological polar surface area (TPSA) is 71.9 Å². The van der Waals surface area contributed by atoms with Crippen LogP contribution in [0.1, 0.15) is 39.6 Å². The minimum Gasteiger partial charge on any atom is -0.493 e. The summed E-state index contributed by atoms with van der Waals surface area (Å²) in [5.41, 5.74) is 6.19. The van der Waals surface area contributed by atoms with E-state index >= 15 is 0 Å². The molecule has 1 amide bonds. The van der Waals surface area contributed by atoms with E-state index in [4.69, 9.17) is 9.47 Å². The van der Waals surface area contributed by atoms with Gasteiger partial charge in [0.1, 0.15) is 11.5 Å². The molecule has 198 valence electrons. The largest absolute Gasteiger partial charge is 0.493 e. The molecule has 0 radical (unpaired) electrons. The average molecular weight is 506 g/mol. The van der Waals surface area contributed by atoms with E-state index in [9.17, 15) is 4.79 Å². The molecule has 0 bridgehead atoms. The second-order valence-corrected chi connectivity index (χ2v) is 9.62. The summed E-state index contributed by atoms with van der Waals surface area (Å²) in [4.78, 5) is 22.5. The molecule has 1 N–H and O–H groups in total.